The fraction of sp³-hybridized carbons (Fsp3) is 0.125. The summed E-state index contributed by atoms with van der Waals surface area (Å²) in [6.07, 6.45) is 0. The van der Waals surface area contributed by atoms with Gasteiger partial charge in [0.2, 0.25) is 0 Å². The van der Waals surface area contributed by atoms with E-state index in [0.29, 0.717) is 11.2 Å². The summed E-state index contributed by atoms with van der Waals surface area (Å²) in [5, 5.41) is 8.97. The Morgan fingerprint density at radius 2 is 0.759 bits per heavy atom. The molecular weight excluding hydrogens is 666 g/mol. The molecule has 0 N–H and O–H groups in total. The molecule has 9 aromatic rings. The molecule has 0 atom stereocenters. The SMILES string of the molecule is CC1(C)OB(c2ccc(-n3c4ccccc4c4ccccc4c4ccccc4c4cc(-n5c6ccccc6c6ccccc65)ccc43)cc2F)OC1(C)C. The van der Waals surface area contributed by atoms with Gasteiger partial charge < -0.3 is 18.4 Å². The number of hydrogen-bond donors (Lipinski definition) is 0. The van der Waals surface area contributed by atoms with Crippen molar-refractivity contribution >= 4 is 77.7 Å². The Hall–Kier alpha value is -5.95. The van der Waals surface area contributed by atoms with E-state index in [1.165, 1.54) is 10.8 Å². The van der Waals surface area contributed by atoms with Crippen LogP contribution in [0.25, 0.3) is 76.5 Å². The first-order valence-corrected chi connectivity index (χ1v) is 18.6. The molecule has 0 radical (unpaired) electrons. The number of aromatic nitrogens is 2. The summed E-state index contributed by atoms with van der Waals surface area (Å²) in [6, 6.07) is 54.9. The summed E-state index contributed by atoms with van der Waals surface area (Å²) in [5.74, 6) is -0.382. The van der Waals surface area contributed by atoms with Crippen LogP contribution in [0.4, 0.5) is 4.39 Å². The molecule has 1 aliphatic rings. The van der Waals surface area contributed by atoms with Gasteiger partial charge in [0, 0.05) is 38.4 Å². The predicted molar refractivity (Wildman–Crippen MR) is 223 cm³/mol. The predicted octanol–water partition coefficient (Wildman–Crippen LogP) is 11.7. The largest absolute Gasteiger partial charge is 0.497 e. The molecule has 10 rings (SSSR count). The Morgan fingerprint density at radius 3 is 1.24 bits per heavy atom. The van der Waals surface area contributed by atoms with Crippen LogP contribution in [0, 0.1) is 5.82 Å². The zero-order valence-electron chi connectivity index (χ0n) is 30.7. The van der Waals surface area contributed by atoms with Crippen molar-refractivity contribution in [3.05, 3.63) is 164 Å². The summed E-state index contributed by atoms with van der Waals surface area (Å²) in [6.45, 7) is 7.94. The summed E-state index contributed by atoms with van der Waals surface area (Å²) in [5.41, 5.74) is 5.12. The van der Waals surface area contributed by atoms with E-state index < -0.39 is 18.3 Å². The van der Waals surface area contributed by atoms with Crippen molar-refractivity contribution in [1.29, 1.82) is 0 Å². The van der Waals surface area contributed by atoms with E-state index >= 15 is 4.39 Å². The molecule has 0 aliphatic carbocycles. The van der Waals surface area contributed by atoms with Crippen LogP contribution < -0.4 is 5.46 Å². The van der Waals surface area contributed by atoms with Crippen molar-refractivity contribution < 1.29 is 13.7 Å². The van der Waals surface area contributed by atoms with Crippen molar-refractivity contribution in [3.63, 3.8) is 0 Å². The van der Waals surface area contributed by atoms with Gasteiger partial charge in [-0.25, -0.2) is 4.39 Å². The Bertz CT molecular complexity index is 2980. The normalized spacial score (nSPS) is 15.2. The third kappa shape index (κ3) is 4.91. The molecule has 0 amide bonds. The Kier molecular flexibility index (Phi) is 7.29. The van der Waals surface area contributed by atoms with Gasteiger partial charge in [0.15, 0.2) is 0 Å². The summed E-state index contributed by atoms with van der Waals surface area (Å²) in [7, 11) is -0.813. The minimum absolute atomic E-state index is 0.382. The van der Waals surface area contributed by atoms with Gasteiger partial charge in [-0.1, -0.05) is 109 Å². The van der Waals surface area contributed by atoms with Crippen LogP contribution in [0.3, 0.4) is 0 Å². The number of nitrogens with zero attached hydrogens (tertiary/aromatic N) is 2. The van der Waals surface area contributed by atoms with Crippen molar-refractivity contribution in [2.45, 2.75) is 38.9 Å². The van der Waals surface area contributed by atoms with Crippen LogP contribution in [0.1, 0.15) is 27.7 Å². The van der Waals surface area contributed by atoms with Crippen molar-refractivity contribution in [2.24, 2.45) is 0 Å². The second kappa shape index (κ2) is 12.0. The second-order valence-corrected chi connectivity index (χ2v) is 15.3. The van der Waals surface area contributed by atoms with E-state index in [-0.39, 0.29) is 5.82 Å². The lowest BCUT2D eigenvalue weighted by Gasteiger charge is -2.32. The fourth-order valence-electron chi connectivity index (χ4n) is 8.30. The maximum absolute atomic E-state index is 16.6. The van der Waals surface area contributed by atoms with Gasteiger partial charge >= 0.3 is 7.12 Å². The third-order valence-electron chi connectivity index (χ3n) is 11.7. The molecule has 54 heavy (non-hydrogen) atoms. The minimum atomic E-state index is -0.813. The zero-order valence-corrected chi connectivity index (χ0v) is 30.7. The fourth-order valence-corrected chi connectivity index (χ4v) is 8.30. The number of para-hydroxylation sites is 3. The molecule has 6 heteroatoms. The Labute approximate surface area is 313 Å². The molecule has 1 aliphatic heterocycles. The molecule has 262 valence electrons. The smallest absolute Gasteiger partial charge is 0.399 e. The van der Waals surface area contributed by atoms with Gasteiger partial charge in [-0.05, 0) is 97.8 Å². The van der Waals surface area contributed by atoms with E-state index in [2.05, 4.69) is 149 Å². The van der Waals surface area contributed by atoms with Crippen LogP contribution in [0.15, 0.2) is 158 Å². The highest BCUT2D eigenvalue weighted by Crippen LogP contribution is 2.39. The highest BCUT2D eigenvalue weighted by molar-refractivity contribution is 6.62. The molecule has 1 fully saturated rings. The molecular formula is C48H38BFN2O2. The summed E-state index contributed by atoms with van der Waals surface area (Å²) < 4.78 is 33.7. The van der Waals surface area contributed by atoms with Crippen molar-refractivity contribution in [3.8, 4) is 11.4 Å². The van der Waals surface area contributed by atoms with E-state index in [1.807, 2.05) is 39.8 Å². The maximum Gasteiger partial charge on any atom is 0.497 e. The second-order valence-electron chi connectivity index (χ2n) is 15.3. The number of fused-ring (bicyclic) bond motifs is 10. The molecule has 0 bridgehead atoms. The number of rotatable bonds is 3. The average molecular weight is 705 g/mol. The lowest BCUT2D eigenvalue weighted by molar-refractivity contribution is 0.00578. The molecule has 1 saturated heterocycles. The highest BCUT2D eigenvalue weighted by atomic mass is 19.1. The Balaban J connectivity index is 1.35. The first kappa shape index (κ1) is 32.7. The third-order valence-corrected chi connectivity index (χ3v) is 11.7. The van der Waals surface area contributed by atoms with E-state index in [0.717, 1.165) is 60.1 Å². The molecule has 7 aromatic carbocycles. The van der Waals surface area contributed by atoms with Gasteiger partial charge in [-0.15, -0.1) is 0 Å². The van der Waals surface area contributed by atoms with E-state index in [1.54, 1.807) is 6.07 Å². The quantitative estimate of drug-likeness (QED) is 0.171. The lowest BCUT2D eigenvalue weighted by atomic mass is 9.78. The number of hydrogen-bond acceptors (Lipinski definition) is 2. The molecule has 0 unspecified atom stereocenters. The van der Waals surface area contributed by atoms with Gasteiger partial charge in [0.05, 0.1) is 33.3 Å². The first-order chi connectivity index (χ1) is 26.2. The maximum atomic E-state index is 16.6. The highest BCUT2D eigenvalue weighted by Gasteiger charge is 2.52. The molecule has 0 saturated carbocycles. The summed E-state index contributed by atoms with van der Waals surface area (Å²) in [4.78, 5) is 0. The van der Waals surface area contributed by atoms with Crippen LogP contribution in [-0.2, 0) is 9.31 Å². The first-order valence-electron chi connectivity index (χ1n) is 18.6. The topological polar surface area (TPSA) is 28.3 Å². The monoisotopic (exact) mass is 704 g/mol. The minimum Gasteiger partial charge on any atom is -0.399 e. The standard InChI is InChI=1S/C48H38BFN2O2/c1-47(2)48(3,4)54-49(53-47)41-27-25-32(30-42(41)50)52-43-22-12-9-19-37(43)35-17-7-5-15-33(35)34-16-6-8-18-36(34)40-29-31(26-28-46(40)52)51-44-23-13-10-20-38(44)39-21-11-14-24-45(39)51/h5-30H,1-4H3. The van der Waals surface area contributed by atoms with E-state index in [4.69, 9.17) is 9.31 Å². The number of benzene rings is 7. The van der Waals surface area contributed by atoms with Crippen molar-refractivity contribution in [2.75, 3.05) is 0 Å². The number of halogens is 1. The van der Waals surface area contributed by atoms with Crippen LogP contribution in [-0.4, -0.2) is 27.5 Å². The van der Waals surface area contributed by atoms with E-state index in [9.17, 15) is 0 Å². The van der Waals surface area contributed by atoms with Crippen LogP contribution in [0.5, 0.6) is 0 Å². The van der Waals surface area contributed by atoms with Crippen LogP contribution in [0.2, 0.25) is 0 Å². The average Bonchev–Trinajstić information content (AvgIpc) is 3.64. The molecule has 0 spiro atoms. The summed E-state index contributed by atoms with van der Waals surface area (Å²) >= 11 is 0. The van der Waals surface area contributed by atoms with Crippen molar-refractivity contribution in [1.82, 2.24) is 9.13 Å². The van der Waals surface area contributed by atoms with Gasteiger partial charge in [0.25, 0.3) is 0 Å². The molecule has 3 heterocycles. The van der Waals surface area contributed by atoms with Gasteiger partial charge in [-0.2, -0.15) is 0 Å². The zero-order chi connectivity index (χ0) is 36.8. The lowest BCUT2D eigenvalue weighted by Crippen LogP contribution is -2.41. The van der Waals surface area contributed by atoms with Gasteiger partial charge in [-0.3, -0.25) is 0 Å². The van der Waals surface area contributed by atoms with Crippen LogP contribution >= 0.6 is 0 Å². The Morgan fingerprint density at radius 1 is 0.407 bits per heavy atom. The molecule has 4 nitrogen and oxygen atoms in total. The van der Waals surface area contributed by atoms with Gasteiger partial charge in [0.1, 0.15) is 5.82 Å². The molecule has 2 aromatic heterocycles.